The smallest absolute Gasteiger partial charge is 0.411 e. The van der Waals surface area contributed by atoms with Crippen molar-refractivity contribution in [3.8, 4) is 0 Å². The fourth-order valence-electron chi connectivity index (χ4n) is 4.17. The highest BCUT2D eigenvalue weighted by atomic mass is 35.5. The van der Waals surface area contributed by atoms with Crippen molar-refractivity contribution in [1.29, 1.82) is 0 Å². The fraction of sp³-hybridized carbons (Fsp3) is 0.222. The number of nitrogens with two attached hydrogens (primary N) is 1. The maximum atomic E-state index is 13.4. The molecule has 0 bridgehead atoms. The van der Waals surface area contributed by atoms with Gasteiger partial charge < -0.3 is 15.8 Å². The molecule has 0 aliphatic carbocycles. The molecule has 3 aromatic carbocycles. The number of hydrogen-bond acceptors (Lipinski definition) is 4. The number of nitrogens with zero attached hydrogens (tertiary/aromatic N) is 1. The molecule has 0 saturated heterocycles. The average molecular weight is 526 g/mol. The number of hydrogen-bond donors (Lipinski definition) is 2. The Morgan fingerprint density at radius 2 is 1.58 bits per heavy atom. The van der Waals surface area contributed by atoms with Crippen molar-refractivity contribution in [2.75, 3.05) is 0 Å². The molecule has 1 heterocycles. The van der Waals surface area contributed by atoms with Crippen LogP contribution in [0.5, 0.6) is 0 Å². The lowest BCUT2D eigenvalue weighted by Gasteiger charge is -2.35. The van der Waals surface area contributed by atoms with Gasteiger partial charge in [-0.3, -0.25) is 14.5 Å². The van der Waals surface area contributed by atoms with Gasteiger partial charge in [0.05, 0.1) is 6.54 Å². The number of amides is 3. The fourth-order valence-corrected chi connectivity index (χ4v) is 4.73. The van der Waals surface area contributed by atoms with Gasteiger partial charge in [-0.25, -0.2) is 4.79 Å². The molecule has 4 rings (SSSR count). The minimum atomic E-state index is -1.07. The first kappa shape index (κ1) is 25.5. The van der Waals surface area contributed by atoms with Crippen LogP contribution in [0, 0.1) is 0 Å². The van der Waals surface area contributed by atoms with Gasteiger partial charge in [0.2, 0.25) is 11.8 Å². The Labute approximate surface area is 219 Å². The predicted molar refractivity (Wildman–Crippen MR) is 137 cm³/mol. The minimum Gasteiger partial charge on any atom is -0.445 e. The molecule has 1 aliphatic heterocycles. The van der Waals surface area contributed by atoms with Gasteiger partial charge in [0.1, 0.15) is 18.7 Å². The van der Waals surface area contributed by atoms with E-state index in [0.717, 1.165) is 16.7 Å². The number of carbonyl (C=O) groups excluding carboxylic acids is 3. The molecule has 0 saturated carbocycles. The molecule has 9 heteroatoms. The SMILES string of the molecule is NC(=O)[C@H](Cc1c(Cl)cccc1Cl)NC(=O)[C@@H]1Cc2ccccc2CN1C(=O)OCc1ccccc1. The number of carbonyl (C=O) groups is 3. The second-order valence-corrected chi connectivity index (χ2v) is 9.34. The van der Waals surface area contributed by atoms with Crippen LogP contribution in [0.4, 0.5) is 4.79 Å². The Bertz CT molecular complexity index is 1250. The van der Waals surface area contributed by atoms with Gasteiger partial charge in [0, 0.05) is 22.9 Å². The van der Waals surface area contributed by atoms with E-state index in [0.29, 0.717) is 15.6 Å². The quantitative estimate of drug-likeness (QED) is 0.480. The molecule has 0 spiro atoms. The van der Waals surface area contributed by atoms with Gasteiger partial charge in [-0.1, -0.05) is 83.9 Å². The normalized spacial score (nSPS) is 15.5. The van der Waals surface area contributed by atoms with E-state index in [1.165, 1.54) is 4.90 Å². The number of fused-ring (bicyclic) bond motifs is 1. The Hall–Kier alpha value is -3.55. The number of benzene rings is 3. The lowest BCUT2D eigenvalue weighted by Crippen LogP contribution is -2.56. The average Bonchev–Trinajstić information content (AvgIpc) is 2.88. The molecular formula is C27H25Cl2N3O4. The van der Waals surface area contributed by atoms with Crippen LogP contribution in [0.2, 0.25) is 10.0 Å². The summed E-state index contributed by atoms with van der Waals surface area (Å²) in [6.07, 6.45) is -0.347. The monoisotopic (exact) mass is 525 g/mol. The van der Waals surface area contributed by atoms with Crippen LogP contribution in [-0.2, 0) is 40.3 Å². The molecule has 0 unspecified atom stereocenters. The second-order valence-electron chi connectivity index (χ2n) is 8.52. The zero-order chi connectivity index (χ0) is 25.7. The van der Waals surface area contributed by atoms with E-state index in [-0.39, 0.29) is 26.0 Å². The van der Waals surface area contributed by atoms with Crippen LogP contribution in [0.15, 0.2) is 72.8 Å². The summed E-state index contributed by atoms with van der Waals surface area (Å²) in [5, 5.41) is 3.42. The van der Waals surface area contributed by atoms with Crippen LogP contribution < -0.4 is 11.1 Å². The van der Waals surface area contributed by atoms with E-state index in [1.807, 2.05) is 54.6 Å². The maximum absolute atomic E-state index is 13.4. The Morgan fingerprint density at radius 1 is 0.944 bits per heavy atom. The molecule has 1 aliphatic rings. The van der Waals surface area contributed by atoms with Crippen molar-refractivity contribution < 1.29 is 19.1 Å². The van der Waals surface area contributed by atoms with Crippen LogP contribution in [-0.4, -0.2) is 34.9 Å². The largest absolute Gasteiger partial charge is 0.445 e. The Morgan fingerprint density at radius 3 is 2.25 bits per heavy atom. The van der Waals surface area contributed by atoms with E-state index >= 15 is 0 Å². The lowest BCUT2D eigenvalue weighted by molar-refractivity contribution is -0.131. The topological polar surface area (TPSA) is 102 Å². The van der Waals surface area contributed by atoms with Crippen LogP contribution in [0.25, 0.3) is 0 Å². The van der Waals surface area contributed by atoms with Crippen molar-refractivity contribution in [1.82, 2.24) is 10.2 Å². The highest BCUT2D eigenvalue weighted by Crippen LogP contribution is 2.27. The summed E-state index contributed by atoms with van der Waals surface area (Å²) in [5.41, 5.74) is 8.79. The molecule has 7 nitrogen and oxygen atoms in total. The summed E-state index contributed by atoms with van der Waals surface area (Å²) in [4.78, 5) is 40.1. The summed E-state index contributed by atoms with van der Waals surface area (Å²) in [6.45, 7) is 0.264. The molecule has 3 N–H and O–H groups in total. The maximum Gasteiger partial charge on any atom is 0.411 e. The number of primary amides is 1. The number of ether oxygens (including phenoxy) is 1. The third-order valence-electron chi connectivity index (χ3n) is 6.12. The van der Waals surface area contributed by atoms with E-state index < -0.39 is 30.0 Å². The summed E-state index contributed by atoms with van der Waals surface area (Å²) in [7, 11) is 0. The molecule has 36 heavy (non-hydrogen) atoms. The van der Waals surface area contributed by atoms with Crippen molar-refractivity contribution >= 4 is 41.1 Å². The number of nitrogens with one attached hydrogen (secondary N) is 1. The first-order chi connectivity index (χ1) is 17.3. The van der Waals surface area contributed by atoms with Gasteiger partial charge in [0.25, 0.3) is 0 Å². The first-order valence-electron chi connectivity index (χ1n) is 11.4. The molecule has 2 atom stereocenters. The molecule has 0 radical (unpaired) electrons. The van der Waals surface area contributed by atoms with Gasteiger partial charge in [-0.2, -0.15) is 0 Å². The molecule has 3 aromatic rings. The summed E-state index contributed by atoms with van der Waals surface area (Å²) < 4.78 is 5.52. The predicted octanol–water partition coefficient (Wildman–Crippen LogP) is 4.27. The Balaban J connectivity index is 1.54. The second kappa shape index (κ2) is 11.5. The summed E-state index contributed by atoms with van der Waals surface area (Å²) in [6, 6.07) is 19.9. The highest BCUT2D eigenvalue weighted by molar-refractivity contribution is 6.36. The summed E-state index contributed by atoms with van der Waals surface area (Å²) >= 11 is 12.5. The zero-order valence-electron chi connectivity index (χ0n) is 19.3. The number of rotatable bonds is 7. The van der Waals surface area contributed by atoms with Crippen molar-refractivity contribution in [3.63, 3.8) is 0 Å². The first-order valence-corrected chi connectivity index (χ1v) is 12.2. The Kier molecular flexibility index (Phi) is 8.13. The molecule has 0 fully saturated rings. The molecule has 0 aromatic heterocycles. The van der Waals surface area contributed by atoms with Crippen LogP contribution in [0.3, 0.4) is 0 Å². The molecular weight excluding hydrogens is 501 g/mol. The van der Waals surface area contributed by atoms with E-state index in [9.17, 15) is 14.4 Å². The van der Waals surface area contributed by atoms with Crippen LogP contribution >= 0.6 is 23.2 Å². The zero-order valence-corrected chi connectivity index (χ0v) is 20.8. The number of halogens is 2. The minimum absolute atomic E-state index is 0.0152. The van der Waals surface area contributed by atoms with Crippen LogP contribution in [0.1, 0.15) is 22.3 Å². The van der Waals surface area contributed by atoms with Gasteiger partial charge in [0.15, 0.2) is 0 Å². The van der Waals surface area contributed by atoms with Crippen molar-refractivity contribution in [2.45, 2.75) is 38.1 Å². The van der Waals surface area contributed by atoms with Crippen molar-refractivity contribution in [2.24, 2.45) is 5.73 Å². The van der Waals surface area contributed by atoms with Gasteiger partial charge in [-0.15, -0.1) is 0 Å². The summed E-state index contributed by atoms with van der Waals surface area (Å²) in [5.74, 6) is -1.26. The van der Waals surface area contributed by atoms with E-state index in [4.69, 9.17) is 33.7 Å². The van der Waals surface area contributed by atoms with Crippen molar-refractivity contribution in [3.05, 3.63) is 105 Å². The molecule has 3 amide bonds. The van der Waals surface area contributed by atoms with Gasteiger partial charge >= 0.3 is 6.09 Å². The van der Waals surface area contributed by atoms with Gasteiger partial charge in [-0.05, 0) is 34.4 Å². The highest BCUT2D eigenvalue weighted by Gasteiger charge is 2.37. The molecule has 186 valence electrons. The third kappa shape index (κ3) is 5.98. The third-order valence-corrected chi connectivity index (χ3v) is 6.83. The van der Waals surface area contributed by atoms with E-state index in [2.05, 4.69) is 5.32 Å². The standard InChI is InChI=1S/C27H25Cl2N3O4/c28-21-11-6-12-22(29)20(21)14-23(25(30)33)31-26(34)24-13-18-9-4-5-10-19(18)15-32(24)27(35)36-16-17-7-2-1-3-8-17/h1-12,23-24H,13-16H2,(H2,30,33)(H,31,34)/t23-,24-/m0/s1. The lowest BCUT2D eigenvalue weighted by atomic mass is 9.93. The van der Waals surface area contributed by atoms with E-state index in [1.54, 1.807) is 18.2 Å².